The summed E-state index contributed by atoms with van der Waals surface area (Å²) in [4.78, 5) is 0. The number of hydrogen-bond acceptors (Lipinski definition) is 6. The molecule has 0 radical (unpaired) electrons. The minimum Gasteiger partial charge on any atom is -0.394 e. The molecule has 0 aromatic heterocycles. The van der Waals surface area contributed by atoms with Gasteiger partial charge in [-0.3, -0.25) is 5.32 Å². The lowest BCUT2D eigenvalue weighted by atomic mass is 10.0. The van der Waals surface area contributed by atoms with Crippen LogP contribution in [0.1, 0.15) is 5.56 Å². The van der Waals surface area contributed by atoms with Crippen LogP contribution < -0.4 is 5.32 Å². The van der Waals surface area contributed by atoms with E-state index in [1.807, 2.05) is 36.4 Å². The molecule has 0 amide bonds. The molecular weight excluding hydrogens is 248 g/mol. The van der Waals surface area contributed by atoms with Gasteiger partial charge >= 0.3 is 0 Å². The van der Waals surface area contributed by atoms with E-state index in [0.29, 0.717) is 6.54 Å². The van der Waals surface area contributed by atoms with Crippen LogP contribution in [0, 0.1) is 11.3 Å². The van der Waals surface area contributed by atoms with E-state index in [9.17, 15) is 15.3 Å². The molecule has 0 aliphatic heterocycles. The van der Waals surface area contributed by atoms with Crippen molar-refractivity contribution in [3.63, 3.8) is 0 Å². The Kier molecular flexibility index (Phi) is 6.42. The van der Waals surface area contributed by atoms with Crippen molar-refractivity contribution in [1.82, 2.24) is 5.32 Å². The van der Waals surface area contributed by atoms with Crippen LogP contribution in [0.5, 0.6) is 0 Å². The van der Waals surface area contributed by atoms with E-state index in [2.05, 4.69) is 5.32 Å². The molecule has 0 saturated carbocycles. The Labute approximate surface area is 111 Å². The molecule has 19 heavy (non-hydrogen) atoms. The largest absolute Gasteiger partial charge is 0.394 e. The van der Waals surface area contributed by atoms with E-state index in [1.165, 1.54) is 0 Å². The smallest absolute Gasteiger partial charge is 0.124 e. The molecule has 6 heteroatoms. The van der Waals surface area contributed by atoms with Crippen molar-refractivity contribution in [3.8, 4) is 6.07 Å². The Bertz CT molecular complexity index is 407. The van der Waals surface area contributed by atoms with Gasteiger partial charge in [0.05, 0.1) is 12.7 Å². The zero-order valence-corrected chi connectivity index (χ0v) is 10.3. The fraction of sp³-hybridized carbons (Fsp3) is 0.462. The van der Waals surface area contributed by atoms with Gasteiger partial charge in [0.1, 0.15) is 24.4 Å². The predicted octanol–water partition coefficient (Wildman–Crippen LogP) is -1.26. The number of benzene rings is 1. The highest BCUT2D eigenvalue weighted by Gasteiger charge is 2.30. The molecule has 5 N–H and O–H groups in total. The van der Waals surface area contributed by atoms with Gasteiger partial charge in [0.25, 0.3) is 0 Å². The summed E-state index contributed by atoms with van der Waals surface area (Å²) in [6.07, 6.45) is -4.56. The number of nitrogens with zero attached hydrogens (tertiary/aromatic N) is 1. The zero-order valence-electron chi connectivity index (χ0n) is 10.3. The number of aliphatic hydroxyl groups excluding tert-OH is 4. The summed E-state index contributed by atoms with van der Waals surface area (Å²) >= 11 is 0. The molecule has 0 aliphatic rings. The quantitative estimate of drug-likeness (QED) is 0.421. The van der Waals surface area contributed by atoms with Gasteiger partial charge in [0, 0.05) is 6.54 Å². The second kappa shape index (κ2) is 7.84. The molecule has 1 aromatic carbocycles. The molecule has 4 atom stereocenters. The Morgan fingerprint density at radius 2 is 1.74 bits per heavy atom. The van der Waals surface area contributed by atoms with Crippen molar-refractivity contribution in [2.75, 3.05) is 6.61 Å². The third kappa shape index (κ3) is 4.59. The van der Waals surface area contributed by atoms with E-state index >= 15 is 0 Å². The second-order valence-electron chi connectivity index (χ2n) is 4.20. The number of nitrogens with one attached hydrogen (secondary N) is 1. The molecule has 0 aliphatic carbocycles. The van der Waals surface area contributed by atoms with Gasteiger partial charge in [-0.05, 0) is 5.56 Å². The van der Waals surface area contributed by atoms with Crippen LogP contribution in [0.3, 0.4) is 0 Å². The van der Waals surface area contributed by atoms with Crippen LogP contribution >= 0.6 is 0 Å². The lowest BCUT2D eigenvalue weighted by Gasteiger charge is -2.25. The van der Waals surface area contributed by atoms with Crippen LogP contribution in [-0.2, 0) is 6.54 Å². The monoisotopic (exact) mass is 266 g/mol. The highest BCUT2D eigenvalue weighted by molar-refractivity contribution is 5.15. The van der Waals surface area contributed by atoms with E-state index in [-0.39, 0.29) is 0 Å². The molecule has 1 aromatic rings. The molecule has 0 spiro atoms. The number of hydrogen-bond donors (Lipinski definition) is 5. The van der Waals surface area contributed by atoms with Crippen molar-refractivity contribution < 1.29 is 20.4 Å². The summed E-state index contributed by atoms with van der Waals surface area (Å²) in [5.74, 6) is 0. The fourth-order valence-corrected chi connectivity index (χ4v) is 1.60. The standard InChI is InChI=1S/C13H18N2O4/c14-6-10(12(18)13(19)11(17)8-16)15-7-9-4-2-1-3-5-9/h1-5,10-13,15-19H,7-8H2/t10-,11+,12+,13+/m1/s1. The van der Waals surface area contributed by atoms with Crippen LogP contribution in [0.4, 0.5) is 0 Å². The fourth-order valence-electron chi connectivity index (χ4n) is 1.60. The Balaban J connectivity index is 2.56. The first-order valence-electron chi connectivity index (χ1n) is 5.92. The lowest BCUT2D eigenvalue weighted by molar-refractivity contribution is -0.0816. The first kappa shape index (κ1) is 15.6. The molecular formula is C13H18N2O4. The average molecular weight is 266 g/mol. The molecule has 0 saturated heterocycles. The minimum absolute atomic E-state index is 0.345. The maximum absolute atomic E-state index is 9.75. The van der Waals surface area contributed by atoms with E-state index in [0.717, 1.165) is 5.56 Å². The van der Waals surface area contributed by atoms with Crippen molar-refractivity contribution in [2.45, 2.75) is 30.9 Å². The van der Waals surface area contributed by atoms with Gasteiger partial charge in [-0.2, -0.15) is 5.26 Å². The molecule has 104 valence electrons. The van der Waals surface area contributed by atoms with E-state index in [1.54, 1.807) is 0 Å². The van der Waals surface area contributed by atoms with Gasteiger partial charge in [0.15, 0.2) is 0 Å². The van der Waals surface area contributed by atoms with Crippen LogP contribution in [-0.4, -0.2) is 51.4 Å². The summed E-state index contributed by atoms with van der Waals surface area (Å²) in [6, 6.07) is 10.0. The normalized spacial score (nSPS) is 17.2. The van der Waals surface area contributed by atoms with Crippen LogP contribution in [0.15, 0.2) is 30.3 Å². The Morgan fingerprint density at radius 1 is 1.11 bits per heavy atom. The first-order chi connectivity index (χ1) is 9.10. The van der Waals surface area contributed by atoms with Crippen molar-refractivity contribution in [1.29, 1.82) is 5.26 Å². The summed E-state index contributed by atoms with van der Waals surface area (Å²) in [6.45, 7) is -0.340. The SMILES string of the molecule is N#C[C@@H](NCc1ccccc1)[C@H](O)[C@@H](O)[C@@H](O)CO. The second-order valence-corrected chi connectivity index (χ2v) is 4.20. The molecule has 0 unspecified atom stereocenters. The average Bonchev–Trinajstić information content (AvgIpc) is 2.47. The molecule has 6 nitrogen and oxygen atoms in total. The van der Waals surface area contributed by atoms with Crippen LogP contribution in [0.25, 0.3) is 0 Å². The summed E-state index contributed by atoms with van der Waals surface area (Å²) < 4.78 is 0. The summed E-state index contributed by atoms with van der Waals surface area (Å²) in [7, 11) is 0. The summed E-state index contributed by atoms with van der Waals surface area (Å²) in [5, 5.41) is 48.9. The van der Waals surface area contributed by atoms with Gasteiger partial charge < -0.3 is 20.4 Å². The molecule has 0 heterocycles. The predicted molar refractivity (Wildman–Crippen MR) is 67.8 cm³/mol. The highest BCUT2D eigenvalue weighted by Crippen LogP contribution is 2.06. The van der Waals surface area contributed by atoms with Crippen molar-refractivity contribution in [2.24, 2.45) is 0 Å². The zero-order chi connectivity index (χ0) is 14.3. The van der Waals surface area contributed by atoms with Gasteiger partial charge in [-0.25, -0.2) is 0 Å². The number of aliphatic hydroxyl groups is 4. The third-order valence-electron chi connectivity index (χ3n) is 2.78. The topological polar surface area (TPSA) is 117 Å². The Morgan fingerprint density at radius 3 is 2.26 bits per heavy atom. The summed E-state index contributed by atoms with van der Waals surface area (Å²) in [5.41, 5.74) is 0.923. The molecule has 1 rings (SSSR count). The van der Waals surface area contributed by atoms with Crippen molar-refractivity contribution in [3.05, 3.63) is 35.9 Å². The van der Waals surface area contributed by atoms with E-state index in [4.69, 9.17) is 10.4 Å². The maximum Gasteiger partial charge on any atom is 0.124 e. The number of rotatable bonds is 7. The minimum atomic E-state index is -1.59. The van der Waals surface area contributed by atoms with Crippen LogP contribution in [0.2, 0.25) is 0 Å². The maximum atomic E-state index is 9.75. The van der Waals surface area contributed by atoms with Gasteiger partial charge in [-0.15, -0.1) is 0 Å². The third-order valence-corrected chi connectivity index (χ3v) is 2.78. The van der Waals surface area contributed by atoms with Gasteiger partial charge in [-0.1, -0.05) is 30.3 Å². The first-order valence-corrected chi connectivity index (χ1v) is 5.92. The number of nitriles is 1. The van der Waals surface area contributed by atoms with E-state index < -0.39 is 31.0 Å². The lowest BCUT2D eigenvalue weighted by Crippen LogP contribution is -2.50. The highest BCUT2D eigenvalue weighted by atomic mass is 16.4. The van der Waals surface area contributed by atoms with Gasteiger partial charge in [0.2, 0.25) is 0 Å². The molecule has 0 fully saturated rings. The molecule has 0 bridgehead atoms. The Hall–Kier alpha value is -1.49. The van der Waals surface area contributed by atoms with Crippen molar-refractivity contribution >= 4 is 0 Å².